The molecule has 0 aliphatic carbocycles. The summed E-state index contributed by atoms with van der Waals surface area (Å²) >= 11 is 0. The maximum absolute atomic E-state index is 11.6. The number of ether oxygens (including phenoxy) is 1. The average Bonchev–Trinajstić information content (AvgIpc) is 2.88. The van der Waals surface area contributed by atoms with Crippen molar-refractivity contribution < 1.29 is 9.53 Å². The smallest absolute Gasteiger partial charge is 0.223 e. The van der Waals surface area contributed by atoms with Crippen molar-refractivity contribution in [2.24, 2.45) is 5.73 Å². The van der Waals surface area contributed by atoms with Crippen LogP contribution in [0.2, 0.25) is 0 Å². The molecule has 0 spiro atoms. The number of hydrogen-bond donors (Lipinski definition) is 2. The second-order valence-electron chi connectivity index (χ2n) is 5.49. The molecule has 0 radical (unpaired) electrons. The molecule has 2 rings (SSSR count). The van der Waals surface area contributed by atoms with Gasteiger partial charge in [0.05, 0.1) is 6.61 Å². The van der Waals surface area contributed by atoms with Crippen LogP contribution in [0.15, 0.2) is 18.2 Å². The highest BCUT2D eigenvalue weighted by atomic mass is 16.5. The van der Waals surface area contributed by atoms with E-state index in [0.717, 1.165) is 37.2 Å². The van der Waals surface area contributed by atoms with Crippen LogP contribution in [0.4, 0.5) is 11.4 Å². The molecule has 1 amide bonds. The lowest BCUT2D eigenvalue weighted by Crippen LogP contribution is -2.26. The van der Waals surface area contributed by atoms with Crippen molar-refractivity contribution in [2.45, 2.75) is 32.2 Å². The predicted molar refractivity (Wildman–Crippen MR) is 85.7 cm³/mol. The Morgan fingerprint density at radius 1 is 1.52 bits per heavy atom. The average molecular weight is 291 g/mol. The number of nitrogens with zero attached hydrogens (tertiary/aromatic N) is 1. The minimum atomic E-state index is 0.106. The van der Waals surface area contributed by atoms with Gasteiger partial charge >= 0.3 is 0 Å². The number of nitrogens with one attached hydrogen (secondary N) is 1. The number of anilines is 2. The van der Waals surface area contributed by atoms with Gasteiger partial charge in [0.2, 0.25) is 5.91 Å². The summed E-state index contributed by atoms with van der Waals surface area (Å²) in [6.45, 7) is 3.75. The van der Waals surface area contributed by atoms with Crippen LogP contribution < -0.4 is 16.0 Å². The first-order valence-electron chi connectivity index (χ1n) is 7.52. The lowest BCUT2D eigenvalue weighted by molar-refractivity contribution is -0.116. The third kappa shape index (κ3) is 3.95. The van der Waals surface area contributed by atoms with Gasteiger partial charge < -0.3 is 20.7 Å². The first kappa shape index (κ1) is 15.8. The summed E-state index contributed by atoms with van der Waals surface area (Å²) in [6, 6.07) is 6.47. The summed E-state index contributed by atoms with van der Waals surface area (Å²) in [5.74, 6) is 0.106. The largest absolute Gasteiger partial charge is 0.383 e. The molecular weight excluding hydrogens is 266 g/mol. The Morgan fingerprint density at radius 3 is 3.00 bits per heavy atom. The summed E-state index contributed by atoms with van der Waals surface area (Å²) < 4.78 is 5.26. The van der Waals surface area contributed by atoms with Crippen LogP contribution >= 0.6 is 0 Å². The lowest BCUT2D eigenvalue weighted by Gasteiger charge is -2.20. The van der Waals surface area contributed by atoms with E-state index >= 15 is 0 Å². The van der Waals surface area contributed by atoms with Gasteiger partial charge in [0.1, 0.15) is 0 Å². The van der Waals surface area contributed by atoms with Crippen LogP contribution in [0, 0.1) is 0 Å². The molecule has 21 heavy (non-hydrogen) atoms. The normalized spacial score (nSPS) is 14.9. The van der Waals surface area contributed by atoms with E-state index in [2.05, 4.69) is 11.4 Å². The lowest BCUT2D eigenvalue weighted by atomic mass is 10.1. The number of rotatable bonds is 7. The van der Waals surface area contributed by atoms with E-state index in [4.69, 9.17) is 10.5 Å². The van der Waals surface area contributed by atoms with Crippen molar-refractivity contribution in [1.82, 2.24) is 0 Å². The molecule has 1 aliphatic rings. The van der Waals surface area contributed by atoms with Gasteiger partial charge in [-0.1, -0.05) is 0 Å². The van der Waals surface area contributed by atoms with Gasteiger partial charge in [0.15, 0.2) is 0 Å². The van der Waals surface area contributed by atoms with Gasteiger partial charge in [-0.05, 0) is 49.6 Å². The number of amides is 1. The number of methoxy groups -OCH3 is 1. The van der Waals surface area contributed by atoms with Crippen LogP contribution in [0.1, 0.15) is 25.3 Å². The number of hydrogen-bond acceptors (Lipinski definition) is 4. The van der Waals surface area contributed by atoms with Gasteiger partial charge in [0.25, 0.3) is 0 Å². The first-order chi connectivity index (χ1) is 10.2. The van der Waals surface area contributed by atoms with Gasteiger partial charge in [-0.2, -0.15) is 0 Å². The predicted octanol–water partition coefficient (Wildman–Crippen LogP) is 1.76. The van der Waals surface area contributed by atoms with Crippen molar-refractivity contribution in [2.75, 3.05) is 37.0 Å². The summed E-state index contributed by atoms with van der Waals surface area (Å²) in [5.41, 5.74) is 8.93. The zero-order chi connectivity index (χ0) is 15.2. The number of benzene rings is 1. The number of nitrogens with two attached hydrogens (primary N) is 1. The molecule has 0 aromatic heterocycles. The second kappa shape index (κ2) is 7.43. The van der Waals surface area contributed by atoms with E-state index in [1.807, 2.05) is 17.0 Å². The Balaban J connectivity index is 2.06. The quantitative estimate of drug-likeness (QED) is 0.803. The van der Waals surface area contributed by atoms with Gasteiger partial charge in [-0.3, -0.25) is 4.79 Å². The van der Waals surface area contributed by atoms with Gasteiger partial charge in [-0.15, -0.1) is 0 Å². The Hall–Kier alpha value is -1.59. The molecule has 1 aliphatic heterocycles. The number of fused-ring (bicyclic) bond motifs is 1. The van der Waals surface area contributed by atoms with E-state index < -0.39 is 0 Å². The van der Waals surface area contributed by atoms with E-state index in [-0.39, 0.29) is 11.9 Å². The van der Waals surface area contributed by atoms with Crippen LogP contribution in [0.25, 0.3) is 0 Å². The molecule has 0 fully saturated rings. The minimum Gasteiger partial charge on any atom is -0.383 e. The van der Waals surface area contributed by atoms with Crippen LogP contribution in [-0.2, 0) is 16.0 Å². The van der Waals surface area contributed by atoms with E-state index in [1.165, 1.54) is 5.56 Å². The van der Waals surface area contributed by atoms with Crippen LogP contribution in [0.3, 0.4) is 0 Å². The van der Waals surface area contributed by atoms with Crippen LogP contribution in [-0.4, -0.2) is 38.8 Å². The molecule has 0 saturated carbocycles. The molecule has 5 nitrogen and oxygen atoms in total. The molecule has 1 atom stereocenters. The number of carbonyl (C=O) groups is 1. The fourth-order valence-corrected chi connectivity index (χ4v) is 2.82. The molecule has 0 saturated heterocycles. The second-order valence-corrected chi connectivity index (χ2v) is 5.49. The monoisotopic (exact) mass is 291 g/mol. The highest BCUT2D eigenvalue weighted by molar-refractivity contribution is 5.94. The summed E-state index contributed by atoms with van der Waals surface area (Å²) in [6.07, 6.45) is 2.88. The summed E-state index contributed by atoms with van der Waals surface area (Å²) in [5, 5.41) is 3.50. The van der Waals surface area contributed by atoms with Crippen molar-refractivity contribution >= 4 is 17.3 Å². The summed E-state index contributed by atoms with van der Waals surface area (Å²) in [4.78, 5) is 13.4. The molecule has 3 N–H and O–H groups in total. The van der Waals surface area contributed by atoms with E-state index in [1.54, 1.807) is 14.0 Å². The number of carbonyl (C=O) groups excluding carboxylic acids is 1. The molecule has 1 aromatic carbocycles. The molecule has 1 heterocycles. The standard InChI is InChI=1S/C16H25N3O2/c1-12(20)19-9-7-13-10-14(5-6-16(13)19)18-15(11-21-2)4-3-8-17/h5-6,10,15,18H,3-4,7-9,11,17H2,1-2H3. The van der Waals surface area contributed by atoms with Crippen molar-refractivity contribution in [3.05, 3.63) is 23.8 Å². The van der Waals surface area contributed by atoms with Crippen molar-refractivity contribution in [3.8, 4) is 0 Å². The fourth-order valence-electron chi connectivity index (χ4n) is 2.82. The third-order valence-corrected chi connectivity index (χ3v) is 3.85. The van der Waals surface area contributed by atoms with Crippen LogP contribution in [0.5, 0.6) is 0 Å². The molecule has 1 aromatic rings. The van der Waals surface area contributed by atoms with E-state index in [0.29, 0.717) is 13.2 Å². The highest BCUT2D eigenvalue weighted by Gasteiger charge is 2.22. The summed E-state index contributed by atoms with van der Waals surface area (Å²) in [7, 11) is 1.71. The van der Waals surface area contributed by atoms with Gasteiger partial charge in [0, 0.05) is 38.0 Å². The first-order valence-corrected chi connectivity index (χ1v) is 7.52. The molecule has 5 heteroatoms. The molecule has 116 valence electrons. The van der Waals surface area contributed by atoms with Crippen molar-refractivity contribution in [3.63, 3.8) is 0 Å². The molecular formula is C16H25N3O2. The zero-order valence-corrected chi connectivity index (χ0v) is 12.9. The maximum Gasteiger partial charge on any atom is 0.223 e. The zero-order valence-electron chi connectivity index (χ0n) is 12.9. The highest BCUT2D eigenvalue weighted by Crippen LogP contribution is 2.30. The Kier molecular flexibility index (Phi) is 5.59. The molecule has 1 unspecified atom stereocenters. The van der Waals surface area contributed by atoms with Crippen molar-refractivity contribution in [1.29, 1.82) is 0 Å². The minimum absolute atomic E-state index is 0.106. The van der Waals surface area contributed by atoms with E-state index in [9.17, 15) is 4.79 Å². The Morgan fingerprint density at radius 2 is 2.33 bits per heavy atom. The maximum atomic E-state index is 11.6. The Bertz CT molecular complexity index is 490. The fraction of sp³-hybridized carbons (Fsp3) is 0.562. The van der Waals surface area contributed by atoms with Gasteiger partial charge in [-0.25, -0.2) is 0 Å². The molecule has 0 bridgehead atoms. The third-order valence-electron chi connectivity index (χ3n) is 3.85. The SMILES string of the molecule is COCC(CCCN)Nc1ccc2c(c1)CCN2C(C)=O. The topological polar surface area (TPSA) is 67.6 Å². The Labute approximate surface area is 126 Å².